The summed E-state index contributed by atoms with van der Waals surface area (Å²) in [5.41, 5.74) is 7.43. The number of allylic oxidation sites excluding steroid dienone is 9. The van der Waals surface area contributed by atoms with Gasteiger partial charge in [0.15, 0.2) is 0 Å². The second-order valence-electron chi connectivity index (χ2n) is 7.11. The molecule has 0 nitrogen and oxygen atoms in total. The summed E-state index contributed by atoms with van der Waals surface area (Å²) in [6.45, 7) is 7.34. The Kier molecular flexibility index (Phi) is 3.02. The molecular weight excluding hydrogens is 280 g/mol. The van der Waals surface area contributed by atoms with E-state index in [-0.39, 0.29) is 0 Å². The molecule has 0 atom stereocenters. The van der Waals surface area contributed by atoms with Crippen molar-refractivity contribution in [2.45, 2.75) is 32.9 Å². The highest BCUT2D eigenvalue weighted by molar-refractivity contribution is 6.92. The van der Waals surface area contributed by atoms with Crippen molar-refractivity contribution in [1.82, 2.24) is 0 Å². The van der Waals surface area contributed by atoms with Crippen LogP contribution in [0.2, 0.25) is 13.1 Å². The minimum Gasteiger partial charge on any atom is -0.0809 e. The van der Waals surface area contributed by atoms with Crippen LogP contribution in [0, 0.1) is 0 Å². The molecule has 0 heterocycles. The van der Waals surface area contributed by atoms with Gasteiger partial charge in [-0.15, -0.1) is 0 Å². The van der Waals surface area contributed by atoms with Gasteiger partial charge in [0, 0.05) is 0 Å². The van der Waals surface area contributed by atoms with Crippen molar-refractivity contribution in [3.63, 3.8) is 0 Å². The number of hydrogen-bond donors (Lipinski definition) is 0. The van der Waals surface area contributed by atoms with Crippen LogP contribution in [0.4, 0.5) is 0 Å². The van der Waals surface area contributed by atoms with E-state index in [1.165, 1.54) is 27.8 Å². The van der Waals surface area contributed by atoms with E-state index >= 15 is 0 Å². The van der Waals surface area contributed by atoms with Crippen molar-refractivity contribution in [2.24, 2.45) is 0 Å². The standard InChI is InChI=1S/C21H22Si/c1-15-12-18-13-16-8-4-5-9-17(16)14-20(18)21(15)22(2,3)19-10-6-7-11-19/h4-10,12,14H,11,13H2,1-3H3. The third-order valence-electron chi connectivity index (χ3n) is 5.34. The fraction of sp³-hybridized carbons (Fsp3) is 0.238. The van der Waals surface area contributed by atoms with Gasteiger partial charge in [0.1, 0.15) is 8.07 Å². The molecule has 110 valence electrons. The molecule has 0 amide bonds. The van der Waals surface area contributed by atoms with Crippen molar-refractivity contribution >= 4 is 14.1 Å². The van der Waals surface area contributed by atoms with E-state index < -0.39 is 8.07 Å². The van der Waals surface area contributed by atoms with E-state index in [1.807, 2.05) is 0 Å². The van der Waals surface area contributed by atoms with Crippen LogP contribution in [0.1, 0.15) is 24.5 Å². The minimum atomic E-state index is -1.57. The van der Waals surface area contributed by atoms with Crippen LogP contribution in [-0.2, 0) is 6.42 Å². The summed E-state index contributed by atoms with van der Waals surface area (Å²) < 4.78 is 0. The van der Waals surface area contributed by atoms with Crippen LogP contribution in [0.25, 0.3) is 6.08 Å². The lowest BCUT2D eigenvalue weighted by Gasteiger charge is -2.30. The predicted octanol–water partition coefficient (Wildman–Crippen LogP) is 5.56. The van der Waals surface area contributed by atoms with Gasteiger partial charge in [0.05, 0.1) is 0 Å². The molecule has 0 saturated carbocycles. The van der Waals surface area contributed by atoms with Crippen molar-refractivity contribution < 1.29 is 0 Å². The van der Waals surface area contributed by atoms with Crippen molar-refractivity contribution in [3.8, 4) is 0 Å². The first-order valence-electron chi connectivity index (χ1n) is 8.16. The van der Waals surface area contributed by atoms with Crippen LogP contribution in [-0.4, -0.2) is 8.07 Å². The summed E-state index contributed by atoms with van der Waals surface area (Å²) in [5, 5.41) is 3.32. The summed E-state index contributed by atoms with van der Waals surface area (Å²) in [6, 6.07) is 8.84. The molecule has 0 fully saturated rings. The van der Waals surface area contributed by atoms with Gasteiger partial charge in [-0.25, -0.2) is 0 Å². The Morgan fingerprint density at radius 2 is 1.86 bits per heavy atom. The number of hydrogen-bond acceptors (Lipinski definition) is 0. The number of rotatable bonds is 2. The molecule has 1 aromatic rings. The highest BCUT2D eigenvalue weighted by atomic mass is 28.3. The smallest absolute Gasteiger partial charge is 0.0809 e. The zero-order chi connectivity index (χ0) is 15.3. The van der Waals surface area contributed by atoms with E-state index in [2.05, 4.69) is 74.7 Å². The molecule has 1 aromatic carbocycles. The lowest BCUT2D eigenvalue weighted by molar-refractivity contribution is 1.15. The van der Waals surface area contributed by atoms with Gasteiger partial charge in [0.2, 0.25) is 0 Å². The van der Waals surface area contributed by atoms with E-state index in [1.54, 1.807) is 10.4 Å². The maximum absolute atomic E-state index is 2.52. The molecule has 3 aliphatic rings. The molecule has 0 aliphatic heterocycles. The van der Waals surface area contributed by atoms with Gasteiger partial charge in [-0.3, -0.25) is 0 Å². The summed E-state index contributed by atoms with van der Waals surface area (Å²) in [5.74, 6) is 0. The Morgan fingerprint density at radius 3 is 2.64 bits per heavy atom. The van der Waals surface area contributed by atoms with Gasteiger partial charge >= 0.3 is 0 Å². The average molecular weight is 302 g/mol. The Balaban J connectivity index is 1.82. The molecule has 22 heavy (non-hydrogen) atoms. The molecule has 1 heteroatoms. The lowest BCUT2D eigenvalue weighted by atomic mass is 9.90. The normalized spacial score (nSPS) is 19.7. The highest BCUT2D eigenvalue weighted by Crippen LogP contribution is 2.45. The first kappa shape index (κ1) is 13.8. The third kappa shape index (κ3) is 1.96. The van der Waals surface area contributed by atoms with Crippen LogP contribution < -0.4 is 0 Å². The Hall–Kier alpha value is -1.86. The van der Waals surface area contributed by atoms with E-state index in [4.69, 9.17) is 0 Å². The molecule has 0 spiro atoms. The molecular formula is C21H22Si. The fourth-order valence-corrected chi connectivity index (χ4v) is 7.62. The molecule has 0 saturated heterocycles. The van der Waals surface area contributed by atoms with Crippen LogP contribution >= 0.6 is 0 Å². The van der Waals surface area contributed by atoms with E-state index in [0.29, 0.717) is 0 Å². The monoisotopic (exact) mass is 302 g/mol. The summed E-state index contributed by atoms with van der Waals surface area (Å²) in [7, 11) is -1.57. The van der Waals surface area contributed by atoms with Gasteiger partial charge in [0.25, 0.3) is 0 Å². The Bertz CT molecular complexity index is 810. The second-order valence-corrected chi connectivity index (χ2v) is 11.5. The summed E-state index contributed by atoms with van der Waals surface area (Å²) >= 11 is 0. The average Bonchev–Trinajstić information content (AvgIpc) is 3.12. The maximum atomic E-state index is 2.52. The predicted molar refractivity (Wildman–Crippen MR) is 98.2 cm³/mol. The van der Waals surface area contributed by atoms with Crippen molar-refractivity contribution in [3.05, 3.63) is 86.8 Å². The van der Waals surface area contributed by atoms with Gasteiger partial charge < -0.3 is 0 Å². The van der Waals surface area contributed by atoms with Crippen molar-refractivity contribution in [2.75, 3.05) is 0 Å². The topological polar surface area (TPSA) is 0 Å². The molecule has 0 N–H and O–H groups in total. The van der Waals surface area contributed by atoms with Crippen LogP contribution in [0.5, 0.6) is 0 Å². The largest absolute Gasteiger partial charge is 0.109 e. The molecule has 0 bridgehead atoms. The molecule has 4 rings (SSSR count). The summed E-state index contributed by atoms with van der Waals surface area (Å²) in [4.78, 5) is 0. The van der Waals surface area contributed by atoms with E-state index in [0.717, 1.165) is 12.8 Å². The highest BCUT2D eigenvalue weighted by Gasteiger charge is 2.37. The molecule has 0 unspecified atom stereocenters. The molecule has 0 radical (unpaired) electrons. The SMILES string of the molecule is CC1=C([Si](C)(C)C2=CC=CC2)C2=Cc3ccccc3CC2=C1. The number of benzene rings is 1. The Labute approximate surface area is 134 Å². The maximum Gasteiger partial charge on any atom is 0.109 e. The Morgan fingerprint density at radius 1 is 1.05 bits per heavy atom. The second kappa shape index (κ2) is 4.82. The zero-order valence-corrected chi connectivity index (χ0v) is 14.6. The number of fused-ring (bicyclic) bond motifs is 2. The van der Waals surface area contributed by atoms with Crippen molar-refractivity contribution in [1.29, 1.82) is 0 Å². The van der Waals surface area contributed by atoms with Gasteiger partial charge in [-0.2, -0.15) is 0 Å². The van der Waals surface area contributed by atoms with E-state index in [9.17, 15) is 0 Å². The quantitative estimate of drug-likeness (QED) is 0.628. The third-order valence-corrected chi connectivity index (χ3v) is 9.23. The summed E-state index contributed by atoms with van der Waals surface area (Å²) in [6.07, 6.45) is 14.0. The zero-order valence-electron chi connectivity index (χ0n) is 13.6. The molecule has 0 aromatic heterocycles. The first-order valence-corrected chi connectivity index (χ1v) is 11.2. The van der Waals surface area contributed by atoms with Crippen LogP contribution in [0.3, 0.4) is 0 Å². The lowest BCUT2D eigenvalue weighted by Crippen LogP contribution is -2.33. The minimum absolute atomic E-state index is 1.09. The molecule has 3 aliphatic carbocycles. The first-order chi connectivity index (χ1) is 10.6. The van der Waals surface area contributed by atoms with Gasteiger partial charge in [-0.05, 0) is 53.3 Å². The fourth-order valence-electron chi connectivity index (χ4n) is 4.19. The van der Waals surface area contributed by atoms with Gasteiger partial charge in [-0.1, -0.05) is 72.4 Å². The van der Waals surface area contributed by atoms with Crippen LogP contribution in [0.15, 0.2) is 75.7 Å².